The first-order chi connectivity index (χ1) is 14.8. The minimum atomic E-state index is -1.15. The number of rotatable bonds is 7. The van der Waals surface area contributed by atoms with Crippen LogP contribution >= 0.6 is 24.0 Å². The highest BCUT2D eigenvalue weighted by Gasteiger charge is 2.33. The summed E-state index contributed by atoms with van der Waals surface area (Å²) in [5, 5.41) is 8.92. The lowest BCUT2D eigenvalue weighted by atomic mass is 10.1. The second-order valence-corrected chi connectivity index (χ2v) is 7.87. The van der Waals surface area contributed by atoms with Crippen molar-refractivity contribution >= 4 is 52.2 Å². The largest absolute Gasteiger partial charge is 0.497 e. The van der Waals surface area contributed by atoms with E-state index in [0.717, 1.165) is 16.7 Å². The van der Waals surface area contributed by atoms with E-state index in [1.165, 1.54) is 14.2 Å². The number of thiocarbonyl (C=S) groups is 1. The molecule has 0 aliphatic carbocycles. The minimum Gasteiger partial charge on any atom is -0.497 e. The molecule has 3 rings (SSSR count). The Balaban J connectivity index is 1.79. The highest BCUT2D eigenvalue weighted by Crippen LogP contribution is 2.35. The summed E-state index contributed by atoms with van der Waals surface area (Å²) in [7, 11) is 2.96. The van der Waals surface area contributed by atoms with E-state index in [-0.39, 0.29) is 20.7 Å². The van der Waals surface area contributed by atoms with Gasteiger partial charge < -0.3 is 19.3 Å². The van der Waals surface area contributed by atoms with Crippen molar-refractivity contribution in [3.63, 3.8) is 0 Å². The second-order valence-electron chi connectivity index (χ2n) is 6.19. The number of hydrogen-bond acceptors (Lipinski definition) is 8. The number of aliphatic carboxylic acids is 1. The number of carbonyl (C=O) groups is 3. The molecule has 1 aliphatic rings. The maximum Gasteiger partial charge on any atom is 0.343 e. The molecule has 0 saturated carbocycles. The van der Waals surface area contributed by atoms with Gasteiger partial charge in [-0.05, 0) is 48.0 Å². The number of benzene rings is 2. The summed E-state index contributed by atoms with van der Waals surface area (Å²) in [4.78, 5) is 37.0. The number of methoxy groups -OCH3 is 2. The van der Waals surface area contributed by atoms with E-state index >= 15 is 0 Å². The minimum absolute atomic E-state index is 0.177. The Morgan fingerprint density at radius 2 is 1.81 bits per heavy atom. The van der Waals surface area contributed by atoms with Gasteiger partial charge in [-0.1, -0.05) is 30.0 Å². The van der Waals surface area contributed by atoms with Crippen LogP contribution in [-0.4, -0.2) is 52.9 Å². The van der Waals surface area contributed by atoms with Crippen molar-refractivity contribution in [1.29, 1.82) is 0 Å². The Kier molecular flexibility index (Phi) is 6.93. The average Bonchev–Trinajstić information content (AvgIpc) is 3.01. The zero-order valence-corrected chi connectivity index (χ0v) is 18.1. The highest BCUT2D eigenvalue weighted by molar-refractivity contribution is 8.26. The van der Waals surface area contributed by atoms with E-state index in [9.17, 15) is 14.4 Å². The molecule has 31 heavy (non-hydrogen) atoms. The number of amides is 1. The van der Waals surface area contributed by atoms with Gasteiger partial charge in [-0.15, -0.1) is 0 Å². The summed E-state index contributed by atoms with van der Waals surface area (Å²) in [5.74, 6) is -1.08. The SMILES string of the molecule is COc1ccc(C(=O)Oc2ccc(C=C3SC(=S)N(CC(=O)O)C3=O)cc2OC)cc1. The van der Waals surface area contributed by atoms with Crippen molar-refractivity contribution in [3.8, 4) is 17.2 Å². The van der Waals surface area contributed by atoms with Gasteiger partial charge in [-0.3, -0.25) is 14.5 Å². The van der Waals surface area contributed by atoms with Crippen molar-refractivity contribution in [2.24, 2.45) is 0 Å². The standard InChI is InChI=1S/C21H17NO7S2/c1-27-14-6-4-13(5-7-14)20(26)29-15-8-3-12(9-16(15)28-2)10-17-19(25)22(11-18(23)24)21(30)31-17/h3-10H,11H2,1-2H3,(H,23,24). The molecule has 0 unspecified atom stereocenters. The number of carboxylic acid groups (broad SMARTS) is 1. The molecule has 1 saturated heterocycles. The Hall–Kier alpha value is -3.37. The fourth-order valence-corrected chi connectivity index (χ4v) is 3.92. The van der Waals surface area contributed by atoms with Crippen molar-refractivity contribution < 1.29 is 33.7 Å². The Morgan fingerprint density at radius 1 is 1.10 bits per heavy atom. The van der Waals surface area contributed by atoms with Crippen LogP contribution in [0.1, 0.15) is 15.9 Å². The zero-order chi connectivity index (χ0) is 22.5. The van der Waals surface area contributed by atoms with Crippen LogP contribution in [0.15, 0.2) is 47.4 Å². The summed E-state index contributed by atoms with van der Waals surface area (Å²) >= 11 is 6.10. The van der Waals surface area contributed by atoms with E-state index in [4.69, 9.17) is 31.5 Å². The summed E-state index contributed by atoms with van der Waals surface area (Å²) in [5.41, 5.74) is 0.936. The molecule has 1 aliphatic heterocycles. The van der Waals surface area contributed by atoms with Crippen LogP contribution in [-0.2, 0) is 9.59 Å². The van der Waals surface area contributed by atoms with Crippen LogP contribution in [0.25, 0.3) is 6.08 Å². The third kappa shape index (κ3) is 5.22. The van der Waals surface area contributed by atoms with Crippen molar-refractivity contribution in [3.05, 3.63) is 58.5 Å². The van der Waals surface area contributed by atoms with Gasteiger partial charge in [0.25, 0.3) is 5.91 Å². The molecular weight excluding hydrogens is 442 g/mol. The van der Waals surface area contributed by atoms with E-state index in [1.54, 1.807) is 48.5 Å². The third-order valence-electron chi connectivity index (χ3n) is 4.18. The summed E-state index contributed by atoms with van der Waals surface area (Å²) in [6.45, 7) is -0.494. The van der Waals surface area contributed by atoms with Crippen LogP contribution in [0.5, 0.6) is 17.2 Å². The van der Waals surface area contributed by atoms with Gasteiger partial charge in [-0.2, -0.15) is 0 Å². The molecule has 2 aromatic carbocycles. The molecule has 1 heterocycles. The van der Waals surface area contributed by atoms with Gasteiger partial charge in [0, 0.05) is 0 Å². The smallest absolute Gasteiger partial charge is 0.343 e. The van der Waals surface area contributed by atoms with Crippen LogP contribution in [0.2, 0.25) is 0 Å². The average molecular weight is 460 g/mol. The summed E-state index contributed by atoms with van der Waals surface area (Å²) in [6.07, 6.45) is 1.57. The lowest BCUT2D eigenvalue weighted by Gasteiger charge is -2.11. The van der Waals surface area contributed by atoms with Crippen molar-refractivity contribution in [2.75, 3.05) is 20.8 Å². The van der Waals surface area contributed by atoms with Gasteiger partial charge in [0.1, 0.15) is 16.6 Å². The maximum atomic E-state index is 12.4. The number of ether oxygens (including phenoxy) is 3. The molecule has 0 atom stereocenters. The normalized spacial score (nSPS) is 14.6. The quantitative estimate of drug-likeness (QED) is 0.289. The van der Waals surface area contributed by atoms with Gasteiger partial charge in [0.15, 0.2) is 11.5 Å². The third-order valence-corrected chi connectivity index (χ3v) is 5.56. The molecule has 0 radical (unpaired) electrons. The van der Waals surface area contributed by atoms with E-state index in [1.807, 2.05) is 0 Å². The number of esters is 1. The lowest BCUT2D eigenvalue weighted by Crippen LogP contribution is -2.33. The maximum absolute atomic E-state index is 12.4. The molecule has 10 heteroatoms. The van der Waals surface area contributed by atoms with Gasteiger partial charge in [0.2, 0.25) is 0 Å². The van der Waals surface area contributed by atoms with Gasteiger partial charge >= 0.3 is 11.9 Å². The fraction of sp³-hybridized carbons (Fsp3) is 0.143. The summed E-state index contributed by atoms with van der Waals surface area (Å²) < 4.78 is 16.0. The van der Waals surface area contributed by atoms with Crippen molar-refractivity contribution in [2.45, 2.75) is 0 Å². The number of thioether (sulfide) groups is 1. The molecule has 8 nitrogen and oxygen atoms in total. The zero-order valence-electron chi connectivity index (χ0n) is 16.5. The fourth-order valence-electron chi connectivity index (χ4n) is 2.67. The van der Waals surface area contributed by atoms with Crippen LogP contribution in [0, 0.1) is 0 Å². The lowest BCUT2D eigenvalue weighted by molar-refractivity contribution is -0.140. The highest BCUT2D eigenvalue weighted by atomic mass is 32.2. The van der Waals surface area contributed by atoms with Gasteiger partial charge in [-0.25, -0.2) is 4.79 Å². The second kappa shape index (κ2) is 9.63. The van der Waals surface area contributed by atoms with Crippen LogP contribution in [0.4, 0.5) is 0 Å². The number of carboxylic acids is 1. The molecule has 0 bridgehead atoms. The van der Waals surface area contributed by atoms with Crippen LogP contribution < -0.4 is 14.2 Å². The summed E-state index contributed by atoms with van der Waals surface area (Å²) in [6, 6.07) is 11.3. The molecule has 0 aromatic heterocycles. The molecular formula is C21H17NO7S2. The Bertz CT molecular complexity index is 1080. The van der Waals surface area contributed by atoms with E-state index in [2.05, 4.69) is 0 Å². The topological polar surface area (TPSA) is 102 Å². The van der Waals surface area contributed by atoms with Crippen LogP contribution in [0.3, 0.4) is 0 Å². The molecule has 2 aromatic rings. The van der Waals surface area contributed by atoms with Gasteiger partial charge in [0.05, 0.1) is 24.7 Å². The van der Waals surface area contributed by atoms with E-state index in [0.29, 0.717) is 16.9 Å². The number of carbonyl (C=O) groups excluding carboxylic acids is 2. The predicted molar refractivity (Wildman–Crippen MR) is 118 cm³/mol. The van der Waals surface area contributed by atoms with Crippen molar-refractivity contribution in [1.82, 2.24) is 4.90 Å². The number of nitrogens with zero attached hydrogens (tertiary/aromatic N) is 1. The monoisotopic (exact) mass is 459 g/mol. The molecule has 1 amide bonds. The van der Waals surface area contributed by atoms with E-state index < -0.39 is 24.4 Å². The first-order valence-electron chi connectivity index (χ1n) is 8.84. The predicted octanol–water partition coefficient (Wildman–Crippen LogP) is 3.21. The molecule has 1 fully saturated rings. The number of hydrogen-bond donors (Lipinski definition) is 1. The first kappa shape index (κ1) is 22.3. The Labute approximate surface area is 187 Å². The molecule has 160 valence electrons. The Morgan fingerprint density at radius 3 is 2.42 bits per heavy atom. The first-order valence-corrected chi connectivity index (χ1v) is 10.1. The molecule has 0 spiro atoms. The molecule has 1 N–H and O–H groups in total.